The van der Waals surface area contributed by atoms with E-state index in [2.05, 4.69) is 25.5 Å². The number of fused-ring (bicyclic) bond motifs is 1. The molecule has 2 saturated carbocycles. The lowest BCUT2D eigenvalue weighted by Crippen LogP contribution is -2.67. The van der Waals surface area contributed by atoms with Crippen molar-refractivity contribution in [2.24, 2.45) is 5.41 Å². The van der Waals surface area contributed by atoms with Gasteiger partial charge < -0.3 is 19.8 Å². The average Bonchev–Trinajstić information content (AvgIpc) is 3.21. The van der Waals surface area contributed by atoms with Crippen LogP contribution < -0.4 is 10.2 Å². The number of carbonyl (C=O) groups excluding carboxylic acids is 1. The minimum atomic E-state index is -0.913. The highest BCUT2D eigenvalue weighted by molar-refractivity contribution is 6.09. The summed E-state index contributed by atoms with van der Waals surface area (Å²) >= 11 is 0. The fraction of sp³-hybridized carbons (Fsp3) is 0.407. The van der Waals surface area contributed by atoms with Gasteiger partial charge in [-0.25, -0.2) is 8.91 Å². The van der Waals surface area contributed by atoms with Crippen molar-refractivity contribution in [2.45, 2.75) is 50.8 Å². The Balaban J connectivity index is 1.11. The molecule has 10 heteroatoms. The third-order valence-electron chi connectivity index (χ3n) is 7.89. The molecule has 7 rings (SSSR count). The number of pyridine rings is 1. The molecule has 2 atom stereocenters. The van der Waals surface area contributed by atoms with Crippen LogP contribution in [-0.4, -0.2) is 55.6 Å². The minimum absolute atomic E-state index is 0.213. The summed E-state index contributed by atoms with van der Waals surface area (Å²) in [6.45, 7) is 5.62. The Bertz CT molecular complexity index is 1540. The molecule has 4 aromatic rings. The molecule has 3 fully saturated rings. The number of aromatic nitrogens is 4. The summed E-state index contributed by atoms with van der Waals surface area (Å²) in [5, 5.41) is 21.5. The number of aryl methyl sites for hydroxylation is 1. The number of benzene rings is 1. The average molecular weight is 503 g/mol. The highest BCUT2D eigenvalue weighted by Crippen LogP contribution is 2.54. The number of hydrogen-bond acceptors (Lipinski definition) is 7. The van der Waals surface area contributed by atoms with E-state index in [0.29, 0.717) is 35.0 Å². The summed E-state index contributed by atoms with van der Waals surface area (Å²) < 4.78 is 20.3. The van der Waals surface area contributed by atoms with Gasteiger partial charge in [0.05, 0.1) is 28.8 Å². The Morgan fingerprint density at radius 2 is 2.03 bits per heavy atom. The zero-order chi connectivity index (χ0) is 25.5. The third-order valence-corrected chi connectivity index (χ3v) is 7.89. The number of nitrogens with one attached hydrogen (secondary N) is 1. The molecule has 1 spiro atoms. The second kappa shape index (κ2) is 7.61. The van der Waals surface area contributed by atoms with Crippen molar-refractivity contribution < 1.29 is 18.8 Å². The van der Waals surface area contributed by atoms with Crippen LogP contribution in [0.2, 0.25) is 0 Å². The zero-order valence-corrected chi connectivity index (χ0v) is 20.6. The van der Waals surface area contributed by atoms with Crippen molar-refractivity contribution in [3.8, 4) is 11.4 Å². The van der Waals surface area contributed by atoms with Crippen LogP contribution in [0.3, 0.4) is 0 Å². The predicted molar refractivity (Wildman–Crippen MR) is 134 cm³/mol. The molecule has 0 radical (unpaired) electrons. The topological polar surface area (TPSA) is 109 Å². The molecule has 2 aliphatic carbocycles. The monoisotopic (exact) mass is 502 g/mol. The van der Waals surface area contributed by atoms with E-state index in [-0.39, 0.29) is 17.2 Å². The van der Waals surface area contributed by atoms with Gasteiger partial charge in [-0.3, -0.25) is 4.79 Å². The van der Waals surface area contributed by atoms with Gasteiger partial charge in [0.1, 0.15) is 6.17 Å². The van der Waals surface area contributed by atoms with Crippen molar-refractivity contribution in [1.29, 1.82) is 0 Å². The van der Waals surface area contributed by atoms with Gasteiger partial charge in [0.2, 0.25) is 11.7 Å². The van der Waals surface area contributed by atoms with Crippen LogP contribution in [0.1, 0.15) is 53.9 Å². The molecule has 0 bridgehead atoms. The summed E-state index contributed by atoms with van der Waals surface area (Å²) in [5.74, 6) is 0.100. The third kappa shape index (κ3) is 3.78. The first-order chi connectivity index (χ1) is 17.7. The van der Waals surface area contributed by atoms with E-state index in [4.69, 9.17) is 4.52 Å². The number of aliphatic hydroxyl groups is 1. The van der Waals surface area contributed by atoms with E-state index < -0.39 is 11.8 Å². The maximum absolute atomic E-state index is 13.4. The molecule has 0 unspecified atom stereocenters. The largest absolute Gasteiger partial charge is 0.390 e. The molecule has 1 aromatic carbocycles. The first-order valence-corrected chi connectivity index (χ1v) is 12.5. The van der Waals surface area contributed by atoms with Gasteiger partial charge in [-0.1, -0.05) is 17.3 Å². The second-order valence-corrected chi connectivity index (χ2v) is 11.3. The Morgan fingerprint density at radius 3 is 2.76 bits per heavy atom. The fourth-order valence-corrected chi connectivity index (χ4v) is 6.08. The maximum Gasteiger partial charge on any atom is 0.259 e. The van der Waals surface area contributed by atoms with E-state index in [1.165, 1.54) is 0 Å². The van der Waals surface area contributed by atoms with Crippen molar-refractivity contribution in [3.05, 3.63) is 59.7 Å². The van der Waals surface area contributed by atoms with Crippen molar-refractivity contribution >= 4 is 22.8 Å². The van der Waals surface area contributed by atoms with E-state index in [1.54, 1.807) is 16.8 Å². The summed E-state index contributed by atoms with van der Waals surface area (Å²) in [6.07, 6.45) is 4.61. The van der Waals surface area contributed by atoms with Gasteiger partial charge in [0.15, 0.2) is 0 Å². The van der Waals surface area contributed by atoms with Crippen molar-refractivity contribution in [1.82, 2.24) is 19.8 Å². The van der Waals surface area contributed by atoms with Crippen LogP contribution in [0.25, 0.3) is 16.9 Å². The van der Waals surface area contributed by atoms with Crippen LogP contribution >= 0.6 is 0 Å². The van der Waals surface area contributed by atoms with Crippen molar-refractivity contribution in [3.63, 3.8) is 0 Å². The molecule has 4 heterocycles. The summed E-state index contributed by atoms with van der Waals surface area (Å²) in [6, 6.07) is 9.52. The Morgan fingerprint density at radius 1 is 1.24 bits per heavy atom. The van der Waals surface area contributed by atoms with Crippen LogP contribution in [0, 0.1) is 12.3 Å². The number of nitrogens with zero attached hydrogens (tertiary/aromatic N) is 5. The van der Waals surface area contributed by atoms with E-state index in [9.17, 15) is 14.3 Å². The van der Waals surface area contributed by atoms with Gasteiger partial charge in [-0.2, -0.15) is 10.1 Å². The van der Waals surface area contributed by atoms with Crippen molar-refractivity contribution in [2.75, 3.05) is 23.3 Å². The molecular formula is C27H27FN6O3. The van der Waals surface area contributed by atoms with Gasteiger partial charge >= 0.3 is 0 Å². The lowest BCUT2D eigenvalue weighted by atomic mass is 9.56. The number of rotatable bonds is 5. The Labute approximate surface area is 212 Å². The zero-order valence-electron chi connectivity index (χ0n) is 20.6. The highest BCUT2D eigenvalue weighted by Gasteiger charge is 2.57. The molecule has 9 nitrogen and oxygen atoms in total. The second-order valence-electron chi connectivity index (χ2n) is 11.3. The summed E-state index contributed by atoms with van der Waals surface area (Å²) in [5.41, 5.74) is 4.09. The predicted octanol–water partition coefficient (Wildman–Crippen LogP) is 4.12. The standard InChI is InChI=1S/C27H27FN6O3/c1-15-3-4-16(23-31-25(37-32-23)18-9-20(18)28)7-21(15)30-24(35)19-10-29-34-6-5-17(8-22(19)34)33-13-27(14-33)11-26(2,36)12-27/h3-8,10,18,20,36H,9,11-14H2,1-2H3,(H,30,35)/t18-,20-/m0/s1. The molecule has 190 valence electrons. The molecule has 1 saturated heterocycles. The highest BCUT2D eigenvalue weighted by atomic mass is 19.1. The van der Waals surface area contributed by atoms with Gasteiger partial charge in [-0.05, 0) is 56.9 Å². The Kier molecular flexibility index (Phi) is 4.61. The van der Waals surface area contributed by atoms with Crippen LogP contribution in [-0.2, 0) is 0 Å². The first kappa shape index (κ1) is 22.4. The van der Waals surface area contributed by atoms with E-state index >= 15 is 0 Å². The van der Waals surface area contributed by atoms with E-state index in [1.807, 2.05) is 44.3 Å². The summed E-state index contributed by atoms with van der Waals surface area (Å²) in [4.78, 5) is 19.9. The fourth-order valence-electron chi connectivity index (χ4n) is 6.08. The lowest BCUT2D eigenvalue weighted by Gasteiger charge is -2.62. The van der Waals surface area contributed by atoms with E-state index in [0.717, 1.165) is 42.7 Å². The number of halogens is 1. The van der Waals surface area contributed by atoms with Gasteiger partial charge in [-0.15, -0.1) is 0 Å². The normalized spacial score (nSPS) is 23.1. The molecular weight excluding hydrogens is 475 g/mol. The quantitative estimate of drug-likeness (QED) is 0.423. The number of hydrogen-bond donors (Lipinski definition) is 2. The molecule has 3 aromatic heterocycles. The molecule has 1 aliphatic heterocycles. The lowest BCUT2D eigenvalue weighted by molar-refractivity contribution is -0.126. The maximum atomic E-state index is 13.4. The summed E-state index contributed by atoms with van der Waals surface area (Å²) in [7, 11) is 0. The van der Waals surface area contributed by atoms with Gasteiger partial charge in [0, 0.05) is 41.6 Å². The minimum Gasteiger partial charge on any atom is -0.390 e. The van der Waals surface area contributed by atoms with Crippen LogP contribution in [0.4, 0.5) is 15.8 Å². The number of alkyl halides is 1. The van der Waals surface area contributed by atoms with Gasteiger partial charge in [0.25, 0.3) is 5.91 Å². The van der Waals surface area contributed by atoms with Crippen LogP contribution in [0.5, 0.6) is 0 Å². The SMILES string of the molecule is Cc1ccc(-c2noc([C@H]3C[C@@H]3F)n2)cc1NC(=O)c1cnn2ccc(N3CC4(C3)CC(C)(O)C4)cc12. The van der Waals surface area contributed by atoms with Crippen LogP contribution in [0.15, 0.2) is 47.2 Å². The number of carbonyl (C=O) groups is 1. The Hall–Kier alpha value is -3.79. The first-order valence-electron chi connectivity index (χ1n) is 12.5. The molecule has 2 N–H and O–H groups in total. The molecule has 1 amide bonds. The molecule has 37 heavy (non-hydrogen) atoms. The molecule has 3 aliphatic rings. The number of amides is 1. The smallest absolute Gasteiger partial charge is 0.259 e. The number of anilines is 2.